The summed E-state index contributed by atoms with van der Waals surface area (Å²) in [5.41, 5.74) is 0.464. The summed E-state index contributed by atoms with van der Waals surface area (Å²) < 4.78 is 15.2. The Morgan fingerprint density at radius 2 is 1.91 bits per heavy atom. The lowest BCUT2D eigenvalue weighted by Gasteiger charge is -2.34. The van der Waals surface area contributed by atoms with Gasteiger partial charge < -0.3 is 18.8 Å². The van der Waals surface area contributed by atoms with Crippen molar-refractivity contribution in [2.24, 2.45) is 0 Å². The van der Waals surface area contributed by atoms with Crippen LogP contribution >= 0.6 is 0 Å². The number of piperazine rings is 1. The molecule has 0 bridgehead atoms. The summed E-state index contributed by atoms with van der Waals surface area (Å²) in [5, 5.41) is 0. The number of hydrogen-bond acceptors (Lipinski definition) is 6. The molecule has 0 aliphatic carbocycles. The van der Waals surface area contributed by atoms with Gasteiger partial charge >= 0.3 is 5.97 Å². The maximum absolute atomic E-state index is 11.7. The molecule has 2 rings (SSSR count). The van der Waals surface area contributed by atoms with Gasteiger partial charge in [0, 0.05) is 33.3 Å². The van der Waals surface area contributed by atoms with Crippen molar-refractivity contribution in [3.63, 3.8) is 0 Å². The van der Waals surface area contributed by atoms with Crippen molar-refractivity contribution in [3.8, 4) is 0 Å². The normalized spacial score (nSPS) is 15.9. The van der Waals surface area contributed by atoms with E-state index in [0.29, 0.717) is 31.0 Å². The fraction of sp³-hybridized carbons (Fsp3) is 0.600. The van der Waals surface area contributed by atoms with E-state index in [0.717, 1.165) is 18.8 Å². The molecule has 1 aromatic rings. The van der Waals surface area contributed by atoms with Crippen molar-refractivity contribution in [1.82, 2.24) is 9.80 Å². The van der Waals surface area contributed by atoms with Gasteiger partial charge in [0.1, 0.15) is 23.7 Å². The van der Waals surface area contributed by atoms with Crippen molar-refractivity contribution in [1.29, 1.82) is 0 Å². The van der Waals surface area contributed by atoms with E-state index in [1.807, 2.05) is 0 Å². The van der Waals surface area contributed by atoms with Crippen LogP contribution in [0.2, 0.25) is 0 Å². The summed E-state index contributed by atoms with van der Waals surface area (Å²) in [6.45, 7) is 5.37. The first-order chi connectivity index (χ1) is 10.5. The van der Waals surface area contributed by atoms with Crippen LogP contribution in [0, 0.1) is 6.92 Å². The third-order valence-electron chi connectivity index (χ3n) is 3.75. The molecule has 122 valence electrons. The zero-order chi connectivity index (χ0) is 16.1. The molecule has 0 saturated carbocycles. The quantitative estimate of drug-likeness (QED) is 0.744. The van der Waals surface area contributed by atoms with Crippen molar-refractivity contribution >= 4 is 11.9 Å². The van der Waals surface area contributed by atoms with E-state index >= 15 is 0 Å². The molecule has 0 atom stereocenters. The maximum atomic E-state index is 11.7. The predicted octanol–water partition coefficient (Wildman–Crippen LogP) is 0.665. The highest BCUT2D eigenvalue weighted by molar-refractivity contribution is 5.90. The van der Waals surface area contributed by atoms with Crippen molar-refractivity contribution in [3.05, 3.63) is 23.2 Å². The standard InChI is InChI=1S/C15H22N2O5/c1-11-13(15(19)21-3)8-12(22-11)9-16-4-6-17(7-5-16)14(18)10-20-2/h8H,4-7,9-10H2,1-3H3. The van der Waals surface area contributed by atoms with Gasteiger partial charge in [-0.2, -0.15) is 0 Å². The van der Waals surface area contributed by atoms with Gasteiger partial charge in [-0.25, -0.2) is 4.79 Å². The molecule has 1 aliphatic heterocycles. The molecule has 7 nitrogen and oxygen atoms in total. The molecule has 0 unspecified atom stereocenters. The van der Waals surface area contributed by atoms with Gasteiger partial charge in [0.2, 0.25) is 5.91 Å². The van der Waals surface area contributed by atoms with Gasteiger partial charge in [-0.3, -0.25) is 9.69 Å². The Kier molecular flexibility index (Phi) is 5.57. The zero-order valence-corrected chi connectivity index (χ0v) is 13.3. The molecule has 1 fully saturated rings. The van der Waals surface area contributed by atoms with Crippen LogP contribution in [0.3, 0.4) is 0 Å². The first kappa shape index (κ1) is 16.5. The van der Waals surface area contributed by atoms with E-state index in [1.54, 1.807) is 17.9 Å². The molecule has 0 radical (unpaired) electrons. The highest BCUT2D eigenvalue weighted by Gasteiger charge is 2.22. The van der Waals surface area contributed by atoms with Crippen molar-refractivity contribution < 1.29 is 23.5 Å². The average Bonchev–Trinajstić information content (AvgIpc) is 2.88. The first-order valence-corrected chi connectivity index (χ1v) is 7.21. The zero-order valence-electron chi connectivity index (χ0n) is 13.3. The molecule has 2 heterocycles. The number of amides is 1. The fourth-order valence-corrected chi connectivity index (χ4v) is 2.52. The SMILES string of the molecule is COCC(=O)N1CCN(Cc2cc(C(=O)OC)c(C)o2)CC1. The largest absolute Gasteiger partial charge is 0.465 e. The van der Waals surface area contributed by atoms with Gasteiger partial charge in [-0.15, -0.1) is 0 Å². The van der Waals surface area contributed by atoms with Crippen LogP contribution in [0.4, 0.5) is 0 Å². The molecule has 1 aromatic heterocycles. The second-order valence-corrected chi connectivity index (χ2v) is 5.26. The minimum atomic E-state index is -0.387. The number of nitrogens with zero attached hydrogens (tertiary/aromatic N) is 2. The molecule has 22 heavy (non-hydrogen) atoms. The summed E-state index contributed by atoms with van der Waals surface area (Å²) in [6.07, 6.45) is 0. The Balaban J connectivity index is 1.88. The number of ether oxygens (including phenoxy) is 2. The lowest BCUT2D eigenvalue weighted by atomic mass is 10.2. The van der Waals surface area contributed by atoms with Crippen molar-refractivity contribution in [2.75, 3.05) is 47.0 Å². The number of hydrogen-bond donors (Lipinski definition) is 0. The molecular formula is C15H22N2O5. The van der Waals surface area contributed by atoms with E-state index < -0.39 is 0 Å². The topological polar surface area (TPSA) is 72.2 Å². The van der Waals surface area contributed by atoms with Gasteiger partial charge in [0.15, 0.2) is 0 Å². The summed E-state index contributed by atoms with van der Waals surface area (Å²) in [4.78, 5) is 27.3. The van der Waals surface area contributed by atoms with Crippen LogP contribution < -0.4 is 0 Å². The smallest absolute Gasteiger partial charge is 0.341 e. The molecule has 1 saturated heterocycles. The summed E-state index contributed by atoms with van der Waals surface area (Å²) in [5.74, 6) is 0.928. The van der Waals surface area contributed by atoms with Crippen LogP contribution in [-0.4, -0.2) is 68.7 Å². The Morgan fingerprint density at radius 3 is 2.50 bits per heavy atom. The molecule has 7 heteroatoms. The summed E-state index contributed by atoms with van der Waals surface area (Å²) in [7, 11) is 2.87. The van der Waals surface area contributed by atoms with Crippen LogP contribution in [0.5, 0.6) is 0 Å². The van der Waals surface area contributed by atoms with Crippen LogP contribution in [0.1, 0.15) is 21.9 Å². The maximum Gasteiger partial charge on any atom is 0.341 e. The number of methoxy groups -OCH3 is 2. The summed E-state index contributed by atoms with van der Waals surface area (Å²) >= 11 is 0. The molecule has 0 aromatic carbocycles. The molecule has 1 aliphatic rings. The molecular weight excluding hydrogens is 288 g/mol. The number of carbonyl (C=O) groups is 2. The lowest BCUT2D eigenvalue weighted by Crippen LogP contribution is -2.49. The van der Waals surface area contributed by atoms with Gasteiger partial charge in [0.05, 0.1) is 13.7 Å². The minimum Gasteiger partial charge on any atom is -0.465 e. The minimum absolute atomic E-state index is 0.0176. The van der Waals surface area contributed by atoms with Gasteiger partial charge in [-0.1, -0.05) is 0 Å². The van der Waals surface area contributed by atoms with Gasteiger partial charge in [-0.05, 0) is 13.0 Å². The lowest BCUT2D eigenvalue weighted by molar-refractivity contribution is -0.137. The van der Waals surface area contributed by atoms with E-state index in [1.165, 1.54) is 14.2 Å². The van der Waals surface area contributed by atoms with Crippen LogP contribution in [0.25, 0.3) is 0 Å². The second kappa shape index (κ2) is 7.42. The van der Waals surface area contributed by atoms with E-state index in [4.69, 9.17) is 13.9 Å². The van der Waals surface area contributed by atoms with Gasteiger partial charge in [0.25, 0.3) is 0 Å². The Labute approximate surface area is 129 Å². The Morgan fingerprint density at radius 1 is 1.23 bits per heavy atom. The molecule has 1 amide bonds. The number of esters is 1. The highest BCUT2D eigenvalue weighted by Crippen LogP contribution is 2.18. The Bertz CT molecular complexity index is 532. The third-order valence-corrected chi connectivity index (χ3v) is 3.75. The highest BCUT2D eigenvalue weighted by atomic mass is 16.5. The third kappa shape index (κ3) is 3.86. The van der Waals surface area contributed by atoms with Crippen LogP contribution in [-0.2, 0) is 20.8 Å². The number of rotatable bonds is 5. The van der Waals surface area contributed by atoms with E-state index in [2.05, 4.69) is 4.90 Å². The number of carbonyl (C=O) groups excluding carboxylic acids is 2. The summed E-state index contributed by atoms with van der Waals surface area (Å²) in [6, 6.07) is 1.73. The monoisotopic (exact) mass is 310 g/mol. The number of furan rings is 1. The van der Waals surface area contributed by atoms with Crippen molar-refractivity contribution in [2.45, 2.75) is 13.5 Å². The van der Waals surface area contributed by atoms with Crippen LogP contribution in [0.15, 0.2) is 10.5 Å². The predicted molar refractivity (Wildman–Crippen MR) is 78.5 cm³/mol. The molecule has 0 N–H and O–H groups in total. The Hall–Kier alpha value is -1.86. The number of aryl methyl sites for hydroxylation is 1. The molecule has 0 spiro atoms. The second-order valence-electron chi connectivity index (χ2n) is 5.26. The fourth-order valence-electron chi connectivity index (χ4n) is 2.52. The van der Waals surface area contributed by atoms with E-state index in [9.17, 15) is 9.59 Å². The average molecular weight is 310 g/mol. The first-order valence-electron chi connectivity index (χ1n) is 7.21. The van der Waals surface area contributed by atoms with E-state index in [-0.39, 0.29) is 18.5 Å².